The van der Waals surface area contributed by atoms with Crippen molar-refractivity contribution >= 4 is 75.1 Å². The summed E-state index contributed by atoms with van der Waals surface area (Å²) in [5.41, 5.74) is 4.10. The quantitative estimate of drug-likeness (QED) is 0.401. The van der Waals surface area contributed by atoms with Crippen molar-refractivity contribution in [3.8, 4) is 0 Å². The van der Waals surface area contributed by atoms with Gasteiger partial charge < -0.3 is 10.6 Å². The summed E-state index contributed by atoms with van der Waals surface area (Å²) in [7, 11) is 0. The Labute approximate surface area is 188 Å². The van der Waals surface area contributed by atoms with Crippen molar-refractivity contribution in [3.05, 3.63) is 73.4 Å². The van der Waals surface area contributed by atoms with Crippen molar-refractivity contribution in [1.29, 1.82) is 0 Å². The number of nitrogens with one attached hydrogen (secondary N) is 2. The molecule has 0 saturated carbocycles. The molecule has 4 nitrogen and oxygen atoms in total. The molecular formula is C19H16Cl4N4S. The second-order valence-electron chi connectivity index (χ2n) is 6.12. The van der Waals surface area contributed by atoms with Gasteiger partial charge >= 0.3 is 0 Å². The number of rotatable bonds is 4. The van der Waals surface area contributed by atoms with E-state index < -0.39 is 0 Å². The Hall–Kier alpha value is -1.50. The maximum atomic E-state index is 6.29. The van der Waals surface area contributed by atoms with E-state index in [-0.39, 0.29) is 0 Å². The third-order valence-electron chi connectivity index (χ3n) is 4.16. The van der Waals surface area contributed by atoms with Crippen molar-refractivity contribution < 1.29 is 0 Å². The number of nitrogens with zero attached hydrogens (tertiary/aromatic N) is 2. The molecule has 3 aromatic rings. The smallest absolute Gasteiger partial charge is 0.175 e. The number of halogens is 4. The van der Waals surface area contributed by atoms with Gasteiger partial charge in [-0.15, -0.1) is 0 Å². The summed E-state index contributed by atoms with van der Waals surface area (Å²) >= 11 is 29.9. The lowest BCUT2D eigenvalue weighted by Crippen LogP contribution is -2.20. The number of anilines is 2. The molecule has 0 aliphatic heterocycles. The van der Waals surface area contributed by atoms with Gasteiger partial charge in [0.15, 0.2) is 5.11 Å². The lowest BCUT2D eigenvalue weighted by molar-refractivity contribution is 0.659. The van der Waals surface area contributed by atoms with Gasteiger partial charge in [0.1, 0.15) is 0 Å². The van der Waals surface area contributed by atoms with Crippen molar-refractivity contribution in [2.24, 2.45) is 0 Å². The maximum Gasteiger partial charge on any atom is 0.175 e. The summed E-state index contributed by atoms with van der Waals surface area (Å²) in [6, 6.07) is 10.7. The summed E-state index contributed by atoms with van der Waals surface area (Å²) < 4.78 is 1.86. The molecule has 3 rings (SSSR count). The van der Waals surface area contributed by atoms with Crippen LogP contribution in [0.2, 0.25) is 20.1 Å². The molecular weight excluding hydrogens is 458 g/mol. The molecule has 146 valence electrons. The van der Waals surface area contributed by atoms with Gasteiger partial charge in [-0.05, 0) is 55.9 Å². The number of thiocarbonyl (C=S) groups is 1. The summed E-state index contributed by atoms with van der Waals surface area (Å²) in [6.07, 6.45) is 0. The predicted molar refractivity (Wildman–Crippen MR) is 124 cm³/mol. The van der Waals surface area contributed by atoms with E-state index in [2.05, 4.69) is 15.7 Å². The van der Waals surface area contributed by atoms with Gasteiger partial charge in [-0.25, -0.2) is 0 Å². The first kappa shape index (κ1) is 21.2. The van der Waals surface area contributed by atoms with E-state index in [0.29, 0.717) is 37.4 Å². The molecule has 0 radical (unpaired) electrons. The minimum absolute atomic E-state index is 0.388. The van der Waals surface area contributed by atoms with Crippen LogP contribution in [0, 0.1) is 13.8 Å². The van der Waals surface area contributed by atoms with E-state index in [9.17, 15) is 0 Å². The second kappa shape index (κ2) is 8.89. The number of aryl methyl sites for hydroxylation is 1. The SMILES string of the molecule is Cc1nn(Cc2ccc(Cl)cc2Cl)c(C)c1NC(=S)Nc1cccc(Cl)c1Cl. The third kappa shape index (κ3) is 4.73. The van der Waals surface area contributed by atoms with E-state index in [0.717, 1.165) is 22.6 Å². The Bertz CT molecular complexity index is 1050. The van der Waals surface area contributed by atoms with Gasteiger partial charge in [-0.2, -0.15) is 5.10 Å². The minimum Gasteiger partial charge on any atom is -0.331 e. The largest absolute Gasteiger partial charge is 0.331 e. The van der Waals surface area contributed by atoms with Crippen LogP contribution in [0.4, 0.5) is 11.4 Å². The fourth-order valence-electron chi connectivity index (χ4n) is 2.71. The molecule has 28 heavy (non-hydrogen) atoms. The van der Waals surface area contributed by atoms with Crippen LogP contribution in [0.25, 0.3) is 0 Å². The van der Waals surface area contributed by atoms with Gasteiger partial charge in [-0.1, -0.05) is 58.5 Å². The van der Waals surface area contributed by atoms with Crippen LogP contribution >= 0.6 is 58.6 Å². The van der Waals surface area contributed by atoms with E-state index >= 15 is 0 Å². The highest BCUT2D eigenvalue weighted by Gasteiger charge is 2.15. The molecule has 0 aliphatic rings. The van der Waals surface area contributed by atoms with E-state index in [4.69, 9.17) is 58.6 Å². The van der Waals surface area contributed by atoms with Crippen LogP contribution in [-0.2, 0) is 6.54 Å². The zero-order valence-corrected chi connectivity index (χ0v) is 18.8. The Kier molecular flexibility index (Phi) is 6.73. The second-order valence-corrected chi connectivity index (χ2v) is 8.16. The Morgan fingerprint density at radius 2 is 1.79 bits per heavy atom. The first-order chi connectivity index (χ1) is 13.3. The first-order valence-corrected chi connectivity index (χ1v) is 10.2. The summed E-state index contributed by atoms with van der Waals surface area (Å²) in [4.78, 5) is 0. The van der Waals surface area contributed by atoms with Crippen molar-refractivity contribution in [3.63, 3.8) is 0 Å². The summed E-state index contributed by atoms with van der Waals surface area (Å²) in [6.45, 7) is 4.38. The molecule has 0 atom stereocenters. The van der Waals surface area contributed by atoms with Gasteiger partial charge in [0.25, 0.3) is 0 Å². The van der Waals surface area contributed by atoms with E-state index in [1.807, 2.05) is 24.6 Å². The normalized spacial score (nSPS) is 10.8. The Morgan fingerprint density at radius 3 is 2.50 bits per heavy atom. The van der Waals surface area contributed by atoms with Gasteiger partial charge in [0, 0.05) is 10.0 Å². The lowest BCUT2D eigenvalue weighted by atomic mass is 10.2. The third-order valence-corrected chi connectivity index (χ3v) is 5.77. The monoisotopic (exact) mass is 472 g/mol. The average molecular weight is 474 g/mol. The summed E-state index contributed by atoms with van der Waals surface area (Å²) in [5, 5.41) is 13.3. The molecule has 0 bridgehead atoms. The van der Waals surface area contributed by atoms with Crippen molar-refractivity contribution in [2.75, 3.05) is 10.6 Å². The molecule has 2 aromatic carbocycles. The fourth-order valence-corrected chi connectivity index (χ4v) is 3.74. The number of hydrogen-bond donors (Lipinski definition) is 2. The highest BCUT2D eigenvalue weighted by atomic mass is 35.5. The van der Waals surface area contributed by atoms with Crippen LogP contribution in [0.1, 0.15) is 17.0 Å². The fraction of sp³-hybridized carbons (Fsp3) is 0.158. The Morgan fingerprint density at radius 1 is 1.04 bits per heavy atom. The van der Waals surface area contributed by atoms with Crippen LogP contribution < -0.4 is 10.6 Å². The molecule has 0 amide bonds. The lowest BCUT2D eigenvalue weighted by Gasteiger charge is -2.13. The van der Waals surface area contributed by atoms with Crippen LogP contribution in [0.5, 0.6) is 0 Å². The van der Waals surface area contributed by atoms with Crippen LogP contribution in [-0.4, -0.2) is 14.9 Å². The highest BCUT2D eigenvalue weighted by molar-refractivity contribution is 7.80. The van der Waals surface area contributed by atoms with Gasteiger partial charge in [0.05, 0.1) is 39.4 Å². The van der Waals surface area contributed by atoms with Crippen molar-refractivity contribution in [2.45, 2.75) is 20.4 Å². The number of benzene rings is 2. The van der Waals surface area contributed by atoms with Gasteiger partial charge in [-0.3, -0.25) is 4.68 Å². The van der Waals surface area contributed by atoms with E-state index in [1.165, 1.54) is 0 Å². The molecule has 0 aliphatic carbocycles. The average Bonchev–Trinajstić information content (AvgIpc) is 2.89. The molecule has 1 heterocycles. The number of hydrogen-bond acceptors (Lipinski definition) is 2. The van der Waals surface area contributed by atoms with Crippen LogP contribution in [0.3, 0.4) is 0 Å². The maximum absolute atomic E-state index is 6.29. The zero-order valence-electron chi connectivity index (χ0n) is 15.0. The summed E-state index contributed by atoms with van der Waals surface area (Å²) in [5.74, 6) is 0. The molecule has 0 fully saturated rings. The predicted octanol–water partition coefficient (Wildman–Crippen LogP) is 6.97. The number of aromatic nitrogens is 2. The molecule has 0 unspecified atom stereocenters. The molecule has 0 saturated heterocycles. The molecule has 9 heteroatoms. The minimum atomic E-state index is 0.388. The topological polar surface area (TPSA) is 41.9 Å². The van der Waals surface area contributed by atoms with Crippen LogP contribution in [0.15, 0.2) is 36.4 Å². The van der Waals surface area contributed by atoms with Crippen molar-refractivity contribution in [1.82, 2.24) is 9.78 Å². The first-order valence-electron chi connectivity index (χ1n) is 8.26. The van der Waals surface area contributed by atoms with Gasteiger partial charge in [0.2, 0.25) is 0 Å². The van der Waals surface area contributed by atoms with E-state index in [1.54, 1.807) is 30.3 Å². The zero-order chi connectivity index (χ0) is 20.4. The molecule has 2 N–H and O–H groups in total. The standard InChI is InChI=1S/C19H16Cl4N4S/c1-10-18(25-19(28)24-16-5-3-4-14(21)17(16)23)11(2)27(26-10)9-12-6-7-13(20)8-15(12)22/h3-8H,9H2,1-2H3,(H2,24,25,28). The highest BCUT2D eigenvalue weighted by Crippen LogP contribution is 2.30. The molecule has 0 spiro atoms. The molecule has 1 aromatic heterocycles. The Balaban J connectivity index is 1.78.